The van der Waals surface area contributed by atoms with Crippen LogP contribution in [0.3, 0.4) is 0 Å². The fourth-order valence-corrected chi connectivity index (χ4v) is 2.02. The molecular formula is C13H14FNO3. The van der Waals surface area contributed by atoms with Gasteiger partial charge >= 0.3 is 0 Å². The molecule has 2 rings (SSSR count). The van der Waals surface area contributed by atoms with Gasteiger partial charge in [0, 0.05) is 12.1 Å². The molecule has 1 aromatic carbocycles. The van der Waals surface area contributed by atoms with E-state index >= 15 is 0 Å². The first-order valence-electron chi connectivity index (χ1n) is 5.72. The average Bonchev–Trinajstić information content (AvgIpc) is 2.51. The Morgan fingerprint density at radius 3 is 2.50 bits per heavy atom. The van der Waals surface area contributed by atoms with Crippen LogP contribution in [0.1, 0.15) is 40.1 Å². The molecule has 1 heterocycles. The van der Waals surface area contributed by atoms with E-state index in [0.29, 0.717) is 0 Å². The van der Waals surface area contributed by atoms with E-state index in [2.05, 4.69) is 0 Å². The molecule has 0 saturated carbocycles. The molecule has 1 aliphatic rings. The number of amides is 2. The van der Waals surface area contributed by atoms with Gasteiger partial charge in [0.2, 0.25) is 0 Å². The number of rotatable bonds is 2. The molecule has 0 atom stereocenters. The highest BCUT2D eigenvalue weighted by atomic mass is 19.1. The van der Waals surface area contributed by atoms with Crippen LogP contribution in [0.4, 0.5) is 4.39 Å². The molecule has 18 heavy (non-hydrogen) atoms. The fraction of sp³-hybridized carbons (Fsp3) is 0.385. The lowest BCUT2D eigenvalue weighted by molar-refractivity contribution is 0.0635. The van der Waals surface area contributed by atoms with Crippen molar-refractivity contribution in [1.82, 2.24) is 4.90 Å². The summed E-state index contributed by atoms with van der Waals surface area (Å²) in [4.78, 5) is 25.0. The maximum Gasteiger partial charge on any atom is 0.264 e. The molecular weight excluding hydrogens is 237 g/mol. The highest BCUT2D eigenvalue weighted by Crippen LogP contribution is 2.32. The van der Waals surface area contributed by atoms with Crippen molar-refractivity contribution in [3.05, 3.63) is 28.6 Å². The molecule has 4 nitrogen and oxygen atoms in total. The molecule has 0 unspecified atom stereocenters. The summed E-state index contributed by atoms with van der Waals surface area (Å²) in [6.07, 6.45) is 0. The summed E-state index contributed by atoms with van der Waals surface area (Å²) in [6, 6.07) is 1.16. The summed E-state index contributed by atoms with van der Waals surface area (Å²) in [6.45, 7) is 5.34. The zero-order chi connectivity index (χ0) is 13.6. The Kier molecular flexibility index (Phi) is 2.84. The molecule has 1 N–H and O–H groups in total. The van der Waals surface area contributed by atoms with E-state index in [1.54, 1.807) is 0 Å². The van der Waals surface area contributed by atoms with Gasteiger partial charge < -0.3 is 5.11 Å². The quantitative estimate of drug-likeness (QED) is 0.819. The first kappa shape index (κ1) is 12.5. The van der Waals surface area contributed by atoms with E-state index in [-0.39, 0.29) is 34.9 Å². The molecule has 1 aromatic rings. The van der Waals surface area contributed by atoms with Gasteiger partial charge in [0.25, 0.3) is 11.8 Å². The molecule has 0 spiro atoms. The Hall–Kier alpha value is -1.91. The monoisotopic (exact) mass is 251 g/mol. The van der Waals surface area contributed by atoms with Gasteiger partial charge in [0.1, 0.15) is 11.6 Å². The van der Waals surface area contributed by atoms with Crippen molar-refractivity contribution in [2.24, 2.45) is 5.92 Å². The molecule has 1 aliphatic heterocycles. The number of halogens is 1. The van der Waals surface area contributed by atoms with Crippen molar-refractivity contribution >= 4 is 11.8 Å². The van der Waals surface area contributed by atoms with Crippen LogP contribution >= 0.6 is 0 Å². The third-order valence-corrected chi connectivity index (χ3v) is 2.97. The summed E-state index contributed by atoms with van der Waals surface area (Å²) in [5, 5.41) is 9.51. The van der Waals surface area contributed by atoms with Crippen molar-refractivity contribution < 1.29 is 19.1 Å². The van der Waals surface area contributed by atoms with Crippen molar-refractivity contribution in [3.8, 4) is 5.75 Å². The van der Waals surface area contributed by atoms with Gasteiger partial charge in [-0.15, -0.1) is 0 Å². The Morgan fingerprint density at radius 2 is 1.94 bits per heavy atom. The van der Waals surface area contributed by atoms with Crippen LogP contribution in [0, 0.1) is 18.7 Å². The van der Waals surface area contributed by atoms with Crippen LogP contribution < -0.4 is 0 Å². The zero-order valence-electron chi connectivity index (χ0n) is 10.5. The number of fused-ring (bicyclic) bond motifs is 1. The Balaban J connectivity index is 2.56. The highest BCUT2D eigenvalue weighted by Gasteiger charge is 2.39. The SMILES string of the molecule is Cc1c(O)cc2c(c1F)C(=O)N(CC(C)C)C2=O. The van der Waals surface area contributed by atoms with Crippen molar-refractivity contribution in [2.45, 2.75) is 20.8 Å². The third-order valence-electron chi connectivity index (χ3n) is 2.97. The molecule has 0 bridgehead atoms. The summed E-state index contributed by atoms with van der Waals surface area (Å²) in [5.41, 5.74) is -0.293. The standard InChI is InChI=1S/C13H14FNO3/c1-6(2)5-15-12(17)8-4-9(16)7(3)11(14)10(8)13(15)18/h4,6,16H,5H2,1-3H3. The maximum absolute atomic E-state index is 13.9. The summed E-state index contributed by atoms with van der Waals surface area (Å²) in [7, 11) is 0. The lowest BCUT2D eigenvalue weighted by Gasteiger charge is -2.15. The summed E-state index contributed by atoms with van der Waals surface area (Å²) < 4.78 is 13.9. The van der Waals surface area contributed by atoms with Gasteiger partial charge in [-0.3, -0.25) is 14.5 Å². The van der Waals surface area contributed by atoms with Crippen molar-refractivity contribution in [2.75, 3.05) is 6.54 Å². The topological polar surface area (TPSA) is 57.6 Å². The van der Waals surface area contributed by atoms with Crippen molar-refractivity contribution in [1.29, 1.82) is 0 Å². The third kappa shape index (κ3) is 1.66. The molecule has 96 valence electrons. The molecule has 0 aliphatic carbocycles. The number of imide groups is 1. The van der Waals surface area contributed by atoms with Crippen LogP contribution in [0.5, 0.6) is 5.75 Å². The lowest BCUT2D eigenvalue weighted by atomic mass is 10.0. The Bertz CT molecular complexity index is 552. The van der Waals surface area contributed by atoms with Crippen LogP contribution in [0.2, 0.25) is 0 Å². The number of carbonyl (C=O) groups excluding carboxylic acids is 2. The predicted molar refractivity (Wildman–Crippen MR) is 63.0 cm³/mol. The van der Waals surface area contributed by atoms with Crippen LogP contribution in [0.15, 0.2) is 6.07 Å². The number of nitrogens with zero attached hydrogens (tertiary/aromatic N) is 1. The van der Waals surface area contributed by atoms with Gasteiger partial charge in [0.05, 0.1) is 11.1 Å². The van der Waals surface area contributed by atoms with Crippen LogP contribution in [-0.2, 0) is 0 Å². The molecule has 0 saturated heterocycles. The maximum atomic E-state index is 13.9. The number of hydrogen-bond acceptors (Lipinski definition) is 3. The molecule has 0 radical (unpaired) electrons. The molecule has 0 fully saturated rings. The number of carbonyl (C=O) groups is 2. The Labute approximate surface area is 104 Å². The van der Waals surface area contributed by atoms with Gasteiger partial charge in [-0.2, -0.15) is 0 Å². The molecule has 5 heteroatoms. The van der Waals surface area contributed by atoms with Gasteiger partial charge in [-0.05, 0) is 18.9 Å². The minimum Gasteiger partial charge on any atom is -0.508 e. The lowest BCUT2D eigenvalue weighted by Crippen LogP contribution is -2.33. The normalized spacial score (nSPS) is 14.6. The number of hydrogen-bond donors (Lipinski definition) is 1. The van der Waals surface area contributed by atoms with Gasteiger partial charge in [-0.25, -0.2) is 4.39 Å². The van der Waals surface area contributed by atoms with Crippen molar-refractivity contribution in [3.63, 3.8) is 0 Å². The fourth-order valence-electron chi connectivity index (χ4n) is 2.02. The zero-order valence-corrected chi connectivity index (χ0v) is 10.5. The first-order valence-corrected chi connectivity index (χ1v) is 5.72. The van der Waals surface area contributed by atoms with E-state index in [9.17, 15) is 19.1 Å². The van der Waals surface area contributed by atoms with Crippen LogP contribution in [0.25, 0.3) is 0 Å². The summed E-state index contributed by atoms with van der Waals surface area (Å²) >= 11 is 0. The van der Waals surface area contributed by atoms with Gasteiger partial charge in [0.15, 0.2) is 0 Å². The Morgan fingerprint density at radius 1 is 1.33 bits per heavy atom. The second-order valence-electron chi connectivity index (χ2n) is 4.87. The second kappa shape index (κ2) is 4.08. The van der Waals surface area contributed by atoms with E-state index in [0.717, 1.165) is 11.0 Å². The first-order chi connectivity index (χ1) is 8.34. The largest absolute Gasteiger partial charge is 0.508 e. The van der Waals surface area contributed by atoms with E-state index in [4.69, 9.17) is 0 Å². The van der Waals surface area contributed by atoms with Crippen LogP contribution in [-0.4, -0.2) is 28.4 Å². The van der Waals surface area contributed by atoms with E-state index in [1.807, 2.05) is 13.8 Å². The van der Waals surface area contributed by atoms with E-state index < -0.39 is 17.6 Å². The van der Waals surface area contributed by atoms with Gasteiger partial charge in [-0.1, -0.05) is 13.8 Å². The molecule has 2 amide bonds. The number of phenolic OH excluding ortho intramolecular Hbond substituents is 1. The average molecular weight is 251 g/mol. The predicted octanol–water partition coefficient (Wildman–Crippen LogP) is 2.09. The number of aromatic hydroxyl groups is 1. The smallest absolute Gasteiger partial charge is 0.264 e. The minimum absolute atomic E-state index is 0.0127. The highest BCUT2D eigenvalue weighted by molar-refractivity contribution is 6.21. The second-order valence-corrected chi connectivity index (χ2v) is 4.87. The number of phenols is 1. The summed E-state index contributed by atoms with van der Waals surface area (Å²) in [5.74, 6) is -2.18. The number of benzene rings is 1. The minimum atomic E-state index is -0.811. The molecule has 0 aromatic heterocycles. The van der Waals surface area contributed by atoms with E-state index in [1.165, 1.54) is 6.92 Å².